The van der Waals surface area contributed by atoms with Crippen LogP contribution in [0.15, 0.2) is 85.2 Å². The van der Waals surface area contributed by atoms with E-state index in [4.69, 9.17) is 4.74 Å². The van der Waals surface area contributed by atoms with Gasteiger partial charge in [-0.15, -0.1) is 0 Å². The summed E-state index contributed by atoms with van der Waals surface area (Å²) in [4.78, 5) is 48.2. The van der Waals surface area contributed by atoms with E-state index in [9.17, 15) is 19.5 Å². The molecule has 0 aliphatic rings. The molecule has 0 aliphatic heterocycles. The average molecular weight is 707 g/mol. The fourth-order valence-electron chi connectivity index (χ4n) is 5.76. The average Bonchev–Trinajstić information content (AvgIpc) is 3.11. The molecular formula is C43H54N4O5. The summed E-state index contributed by atoms with van der Waals surface area (Å²) in [5, 5.41) is 15.4. The number of carboxylic acids is 1. The normalized spacial score (nSPS) is 12.8. The number of nitrogens with one attached hydrogen (secondary N) is 2. The van der Waals surface area contributed by atoms with Gasteiger partial charge in [-0.2, -0.15) is 0 Å². The van der Waals surface area contributed by atoms with Gasteiger partial charge in [-0.05, 0) is 58.2 Å². The SMILES string of the molecule is CCCCCCCOc1ccc(-c2cnc(-c3ccc(CC(NC(=O)c4ccc(C(C)(C)C)cc4)C(=O)NC(C(=O)O)C(C)(C)C)cc3)nc2)cc1. The monoisotopic (exact) mass is 706 g/mol. The number of carbonyl (C=O) groups excluding carboxylic acids is 2. The molecule has 2 unspecified atom stereocenters. The molecule has 3 aromatic carbocycles. The summed E-state index contributed by atoms with van der Waals surface area (Å²) in [5.41, 5.74) is 4.10. The van der Waals surface area contributed by atoms with Crippen LogP contribution in [0.1, 0.15) is 102 Å². The minimum Gasteiger partial charge on any atom is -0.494 e. The van der Waals surface area contributed by atoms with Crippen molar-refractivity contribution in [1.29, 1.82) is 0 Å². The molecule has 0 saturated heterocycles. The zero-order valence-corrected chi connectivity index (χ0v) is 31.7. The highest BCUT2D eigenvalue weighted by Gasteiger charge is 2.35. The first-order valence-electron chi connectivity index (χ1n) is 18.2. The quantitative estimate of drug-likeness (QED) is 0.0998. The molecule has 4 aromatic rings. The van der Waals surface area contributed by atoms with Crippen LogP contribution < -0.4 is 15.4 Å². The van der Waals surface area contributed by atoms with Gasteiger partial charge in [-0.3, -0.25) is 9.59 Å². The molecule has 0 bridgehead atoms. The Hall–Kier alpha value is -5.05. The van der Waals surface area contributed by atoms with Crippen molar-refractivity contribution >= 4 is 17.8 Å². The van der Waals surface area contributed by atoms with Crippen molar-refractivity contribution in [3.05, 3.63) is 102 Å². The standard InChI is InChI=1S/C43H54N4O5/c1-8-9-10-11-12-25-52-35-23-19-30(20-24-35)33-27-44-38(45-28-33)31-15-13-29(14-16-31)26-36(40(49)47-37(41(50)51)43(5,6)7)46-39(48)32-17-21-34(22-18-32)42(2,3)4/h13-24,27-28,36-37H,8-12,25-26H2,1-7H3,(H,46,48)(H,47,49)(H,50,51). The molecule has 3 N–H and O–H groups in total. The summed E-state index contributed by atoms with van der Waals surface area (Å²) in [5.74, 6) is -0.746. The van der Waals surface area contributed by atoms with Crippen molar-refractivity contribution in [3.8, 4) is 28.3 Å². The Bertz CT molecular complexity index is 1760. The van der Waals surface area contributed by atoms with E-state index in [0.29, 0.717) is 11.4 Å². The second-order valence-corrected chi connectivity index (χ2v) is 15.5. The molecule has 9 nitrogen and oxygen atoms in total. The molecule has 2 amide bonds. The third-order valence-electron chi connectivity index (χ3n) is 9.04. The van der Waals surface area contributed by atoms with Gasteiger partial charge in [0.1, 0.15) is 17.8 Å². The van der Waals surface area contributed by atoms with Gasteiger partial charge in [-0.1, -0.05) is 123 Å². The van der Waals surface area contributed by atoms with Gasteiger partial charge >= 0.3 is 5.97 Å². The number of aliphatic carboxylic acids is 1. The summed E-state index contributed by atoms with van der Waals surface area (Å²) >= 11 is 0. The number of nitrogens with zero attached hydrogens (tertiary/aromatic N) is 2. The fourth-order valence-corrected chi connectivity index (χ4v) is 5.76. The molecule has 0 fully saturated rings. The van der Waals surface area contributed by atoms with Gasteiger partial charge in [0.25, 0.3) is 5.91 Å². The second kappa shape index (κ2) is 17.9. The first-order valence-corrected chi connectivity index (χ1v) is 18.2. The minimum atomic E-state index is -1.15. The molecule has 2 atom stereocenters. The number of hydrogen-bond acceptors (Lipinski definition) is 6. The van der Waals surface area contributed by atoms with Crippen LogP contribution >= 0.6 is 0 Å². The Labute approximate surface area is 308 Å². The summed E-state index contributed by atoms with van der Waals surface area (Å²) in [6.07, 6.45) is 9.72. The molecule has 52 heavy (non-hydrogen) atoms. The number of aromatic nitrogens is 2. The number of unbranched alkanes of at least 4 members (excludes halogenated alkanes) is 4. The smallest absolute Gasteiger partial charge is 0.326 e. The molecular weight excluding hydrogens is 652 g/mol. The first kappa shape index (κ1) is 39.7. The van der Waals surface area contributed by atoms with Crippen molar-refractivity contribution in [2.24, 2.45) is 5.41 Å². The summed E-state index contributed by atoms with van der Waals surface area (Å²) < 4.78 is 5.90. The molecule has 4 rings (SSSR count). The molecule has 0 saturated carbocycles. The van der Waals surface area contributed by atoms with Crippen molar-refractivity contribution < 1.29 is 24.2 Å². The third kappa shape index (κ3) is 11.5. The molecule has 0 spiro atoms. The van der Waals surface area contributed by atoms with Crippen LogP contribution in [-0.4, -0.2) is 51.5 Å². The van der Waals surface area contributed by atoms with Gasteiger partial charge in [0, 0.05) is 35.5 Å². The third-order valence-corrected chi connectivity index (χ3v) is 9.04. The predicted molar refractivity (Wildman–Crippen MR) is 206 cm³/mol. The van der Waals surface area contributed by atoms with Gasteiger partial charge in [0.15, 0.2) is 5.82 Å². The van der Waals surface area contributed by atoms with E-state index < -0.39 is 35.3 Å². The van der Waals surface area contributed by atoms with Crippen LogP contribution in [0.3, 0.4) is 0 Å². The van der Waals surface area contributed by atoms with E-state index in [-0.39, 0.29) is 11.8 Å². The van der Waals surface area contributed by atoms with Crippen LogP contribution in [0.2, 0.25) is 0 Å². The van der Waals surface area contributed by atoms with Crippen molar-refractivity contribution in [2.45, 2.75) is 104 Å². The lowest BCUT2D eigenvalue weighted by atomic mass is 9.86. The first-order chi connectivity index (χ1) is 24.7. The van der Waals surface area contributed by atoms with Gasteiger partial charge in [0.05, 0.1) is 6.61 Å². The Balaban J connectivity index is 1.44. The predicted octanol–water partition coefficient (Wildman–Crippen LogP) is 8.41. The highest BCUT2D eigenvalue weighted by atomic mass is 16.5. The molecule has 1 aromatic heterocycles. The van der Waals surface area contributed by atoms with E-state index in [1.165, 1.54) is 25.7 Å². The van der Waals surface area contributed by atoms with E-state index in [2.05, 4.69) is 48.3 Å². The number of ether oxygens (including phenoxy) is 1. The summed E-state index contributed by atoms with van der Waals surface area (Å²) in [6, 6.07) is 20.5. The summed E-state index contributed by atoms with van der Waals surface area (Å²) in [6.45, 7) is 14.4. The van der Waals surface area contributed by atoms with E-state index in [1.54, 1.807) is 45.3 Å². The van der Waals surface area contributed by atoms with Crippen molar-refractivity contribution in [2.75, 3.05) is 6.61 Å². The number of amides is 2. The highest BCUT2D eigenvalue weighted by Crippen LogP contribution is 2.25. The Kier molecular flexibility index (Phi) is 13.7. The lowest BCUT2D eigenvalue weighted by molar-refractivity contribution is -0.145. The molecule has 0 aliphatic carbocycles. The molecule has 1 heterocycles. The molecule has 0 radical (unpaired) electrons. The number of carbonyl (C=O) groups is 3. The number of benzene rings is 3. The number of rotatable bonds is 16. The van der Waals surface area contributed by atoms with Crippen LogP contribution in [0.25, 0.3) is 22.5 Å². The molecule has 276 valence electrons. The largest absolute Gasteiger partial charge is 0.494 e. The number of carboxylic acid groups (broad SMARTS) is 1. The summed E-state index contributed by atoms with van der Waals surface area (Å²) in [7, 11) is 0. The van der Waals surface area contributed by atoms with E-state index in [1.807, 2.05) is 60.7 Å². The van der Waals surface area contributed by atoms with Crippen LogP contribution in [0.4, 0.5) is 0 Å². The van der Waals surface area contributed by atoms with Gasteiger partial charge in [-0.25, -0.2) is 14.8 Å². The fraction of sp³-hybridized carbons (Fsp3) is 0.419. The minimum absolute atomic E-state index is 0.0792. The number of hydrogen-bond donors (Lipinski definition) is 3. The maximum absolute atomic E-state index is 13.6. The zero-order chi connectivity index (χ0) is 37.9. The molecule has 9 heteroatoms. The van der Waals surface area contributed by atoms with Crippen molar-refractivity contribution in [3.63, 3.8) is 0 Å². The van der Waals surface area contributed by atoms with Crippen LogP contribution in [0.5, 0.6) is 5.75 Å². The topological polar surface area (TPSA) is 131 Å². The highest BCUT2D eigenvalue weighted by molar-refractivity contribution is 5.98. The Morgan fingerprint density at radius 2 is 1.33 bits per heavy atom. The maximum atomic E-state index is 13.6. The van der Waals surface area contributed by atoms with Crippen molar-refractivity contribution in [1.82, 2.24) is 20.6 Å². The zero-order valence-electron chi connectivity index (χ0n) is 31.7. The van der Waals surface area contributed by atoms with Gasteiger partial charge < -0.3 is 20.5 Å². The van der Waals surface area contributed by atoms with E-state index in [0.717, 1.165) is 46.6 Å². The van der Waals surface area contributed by atoms with Crippen LogP contribution in [0, 0.1) is 5.41 Å². The van der Waals surface area contributed by atoms with Gasteiger partial charge in [0.2, 0.25) is 5.91 Å². The second-order valence-electron chi connectivity index (χ2n) is 15.5. The Morgan fingerprint density at radius 1 is 0.731 bits per heavy atom. The maximum Gasteiger partial charge on any atom is 0.326 e. The lowest BCUT2D eigenvalue weighted by Crippen LogP contribution is -2.56. The van der Waals surface area contributed by atoms with E-state index >= 15 is 0 Å². The lowest BCUT2D eigenvalue weighted by Gasteiger charge is -2.29. The van der Waals surface area contributed by atoms with Crippen LogP contribution in [-0.2, 0) is 21.4 Å². The Morgan fingerprint density at radius 3 is 1.88 bits per heavy atom.